The largest absolute Gasteiger partial charge is 0.478 e. The van der Waals surface area contributed by atoms with E-state index in [4.69, 9.17) is 5.11 Å². The molecule has 0 aliphatic heterocycles. The van der Waals surface area contributed by atoms with Gasteiger partial charge >= 0.3 is 5.97 Å². The first kappa shape index (κ1) is 14.2. The van der Waals surface area contributed by atoms with Gasteiger partial charge in [-0.2, -0.15) is 0 Å². The van der Waals surface area contributed by atoms with Gasteiger partial charge in [-0.25, -0.2) is 4.79 Å². The summed E-state index contributed by atoms with van der Waals surface area (Å²) >= 11 is 0. The monoisotopic (exact) mass is 212 g/mol. The first-order valence-electron chi connectivity index (χ1n) is 6.11. The summed E-state index contributed by atoms with van der Waals surface area (Å²) < 4.78 is 0. The molecule has 0 radical (unpaired) electrons. The molecule has 0 aromatic rings. The molecule has 0 atom stereocenters. The molecule has 0 heterocycles. The molecule has 0 rings (SSSR count). The number of hydrogen-bond acceptors (Lipinski definition) is 1. The molecule has 15 heavy (non-hydrogen) atoms. The zero-order valence-electron chi connectivity index (χ0n) is 10.3. The Hall–Kier alpha value is -0.790. The Morgan fingerprint density at radius 2 is 1.60 bits per heavy atom. The van der Waals surface area contributed by atoms with Crippen LogP contribution in [0.5, 0.6) is 0 Å². The third kappa shape index (κ3) is 5.60. The number of carboxylic acid groups (broad SMARTS) is 1. The zero-order valence-corrected chi connectivity index (χ0v) is 10.3. The second-order valence-corrected chi connectivity index (χ2v) is 3.91. The molecule has 0 aliphatic rings. The third-order valence-corrected chi connectivity index (χ3v) is 2.82. The average molecular weight is 212 g/mol. The van der Waals surface area contributed by atoms with Crippen LogP contribution in [-0.4, -0.2) is 11.1 Å². The van der Waals surface area contributed by atoms with E-state index in [9.17, 15) is 4.79 Å². The van der Waals surface area contributed by atoms with Crippen LogP contribution in [0.15, 0.2) is 11.1 Å². The molecule has 0 amide bonds. The highest BCUT2D eigenvalue weighted by atomic mass is 16.4. The van der Waals surface area contributed by atoms with Crippen LogP contribution in [0, 0.1) is 0 Å². The second-order valence-electron chi connectivity index (χ2n) is 3.91. The van der Waals surface area contributed by atoms with Crippen LogP contribution < -0.4 is 0 Å². The number of aliphatic carboxylic acids is 1. The highest BCUT2D eigenvalue weighted by molar-refractivity contribution is 5.87. The van der Waals surface area contributed by atoms with E-state index in [1.54, 1.807) is 0 Å². The molecular formula is C13H24O2. The minimum absolute atomic E-state index is 0.663. The zero-order chi connectivity index (χ0) is 11.7. The van der Waals surface area contributed by atoms with Crippen LogP contribution in [0.1, 0.15) is 65.7 Å². The first-order chi connectivity index (χ1) is 7.17. The van der Waals surface area contributed by atoms with E-state index in [1.807, 2.05) is 13.8 Å². The van der Waals surface area contributed by atoms with Crippen molar-refractivity contribution in [3.8, 4) is 0 Å². The Balaban J connectivity index is 4.28. The van der Waals surface area contributed by atoms with Crippen LogP contribution in [0.25, 0.3) is 0 Å². The Labute approximate surface area is 93.4 Å². The van der Waals surface area contributed by atoms with Gasteiger partial charge in [-0.3, -0.25) is 0 Å². The third-order valence-electron chi connectivity index (χ3n) is 2.82. The Bertz CT molecular complexity index is 211. The number of unbranched alkanes of at least 4 members (excludes halogenated alkanes) is 3. The lowest BCUT2D eigenvalue weighted by Crippen LogP contribution is -2.04. The van der Waals surface area contributed by atoms with E-state index < -0.39 is 5.97 Å². The van der Waals surface area contributed by atoms with Crippen molar-refractivity contribution >= 4 is 5.97 Å². The quantitative estimate of drug-likeness (QED) is 0.484. The number of hydrogen-bond donors (Lipinski definition) is 1. The van der Waals surface area contributed by atoms with E-state index in [0.29, 0.717) is 5.57 Å². The molecular weight excluding hydrogens is 188 g/mol. The maximum absolute atomic E-state index is 11.1. The van der Waals surface area contributed by atoms with Gasteiger partial charge in [0.05, 0.1) is 0 Å². The molecule has 0 aromatic heterocycles. The molecule has 2 heteroatoms. The number of rotatable bonds is 8. The predicted octanol–water partition coefficient (Wildman–Crippen LogP) is 4.16. The molecule has 0 spiro atoms. The normalized spacial score (nSPS) is 10.1. The Morgan fingerprint density at radius 1 is 1.00 bits per heavy atom. The van der Waals surface area contributed by atoms with Gasteiger partial charge in [0, 0.05) is 5.57 Å². The topological polar surface area (TPSA) is 37.3 Å². The predicted molar refractivity (Wildman–Crippen MR) is 64.0 cm³/mol. The van der Waals surface area contributed by atoms with Gasteiger partial charge in [0.15, 0.2) is 0 Å². The Kier molecular flexibility index (Phi) is 8.06. The number of carbonyl (C=O) groups is 1. The summed E-state index contributed by atoms with van der Waals surface area (Å²) in [5, 5.41) is 9.10. The summed E-state index contributed by atoms with van der Waals surface area (Å²) in [5.74, 6) is -0.717. The van der Waals surface area contributed by atoms with Crippen LogP contribution >= 0.6 is 0 Å². The summed E-state index contributed by atoms with van der Waals surface area (Å²) in [5.41, 5.74) is 1.77. The summed E-state index contributed by atoms with van der Waals surface area (Å²) in [7, 11) is 0. The standard InChI is InChI=1S/C13H24O2/c1-4-7-8-9-10-12(13(14)15)11(5-2)6-3/h4-10H2,1-3H3,(H,14,15). The molecule has 0 unspecified atom stereocenters. The van der Waals surface area contributed by atoms with E-state index in [1.165, 1.54) is 12.8 Å². The van der Waals surface area contributed by atoms with Crippen LogP contribution in [0.2, 0.25) is 0 Å². The molecule has 0 aliphatic carbocycles. The van der Waals surface area contributed by atoms with Crippen molar-refractivity contribution in [2.45, 2.75) is 65.7 Å². The lowest BCUT2D eigenvalue weighted by molar-refractivity contribution is -0.132. The molecule has 88 valence electrons. The van der Waals surface area contributed by atoms with Crippen LogP contribution in [0.3, 0.4) is 0 Å². The Morgan fingerprint density at radius 3 is 2.00 bits per heavy atom. The molecule has 0 bridgehead atoms. The molecule has 2 nitrogen and oxygen atoms in total. The van der Waals surface area contributed by atoms with Gasteiger partial charge in [-0.1, -0.05) is 45.6 Å². The van der Waals surface area contributed by atoms with Gasteiger partial charge in [-0.05, 0) is 25.7 Å². The fourth-order valence-electron chi connectivity index (χ4n) is 1.84. The van der Waals surface area contributed by atoms with Gasteiger partial charge in [0.1, 0.15) is 0 Å². The van der Waals surface area contributed by atoms with Crippen molar-refractivity contribution in [3.63, 3.8) is 0 Å². The van der Waals surface area contributed by atoms with Crippen molar-refractivity contribution in [2.24, 2.45) is 0 Å². The second kappa shape index (κ2) is 8.51. The lowest BCUT2D eigenvalue weighted by atomic mass is 9.98. The SMILES string of the molecule is CCCCCCC(C(=O)O)=C(CC)CC. The van der Waals surface area contributed by atoms with Crippen molar-refractivity contribution in [1.29, 1.82) is 0 Å². The first-order valence-corrected chi connectivity index (χ1v) is 6.11. The van der Waals surface area contributed by atoms with Gasteiger partial charge in [-0.15, -0.1) is 0 Å². The smallest absolute Gasteiger partial charge is 0.331 e. The number of allylic oxidation sites excluding steroid dienone is 1. The van der Waals surface area contributed by atoms with Gasteiger partial charge < -0.3 is 5.11 Å². The van der Waals surface area contributed by atoms with Crippen LogP contribution in [0.4, 0.5) is 0 Å². The molecule has 1 N–H and O–H groups in total. The summed E-state index contributed by atoms with van der Waals surface area (Å²) in [6.07, 6.45) is 7.04. The van der Waals surface area contributed by atoms with Crippen molar-refractivity contribution in [1.82, 2.24) is 0 Å². The molecule has 0 saturated heterocycles. The fourth-order valence-corrected chi connectivity index (χ4v) is 1.84. The maximum atomic E-state index is 11.1. The van der Waals surface area contributed by atoms with E-state index >= 15 is 0 Å². The van der Waals surface area contributed by atoms with E-state index in [0.717, 1.165) is 37.7 Å². The average Bonchev–Trinajstić information content (AvgIpc) is 2.22. The fraction of sp³-hybridized carbons (Fsp3) is 0.769. The maximum Gasteiger partial charge on any atom is 0.331 e. The number of carboxylic acids is 1. The lowest BCUT2D eigenvalue weighted by Gasteiger charge is -2.08. The van der Waals surface area contributed by atoms with Crippen molar-refractivity contribution in [2.75, 3.05) is 0 Å². The van der Waals surface area contributed by atoms with E-state index in [2.05, 4.69) is 6.92 Å². The summed E-state index contributed by atoms with van der Waals surface area (Å²) in [6.45, 7) is 6.24. The molecule has 0 saturated carbocycles. The highest BCUT2D eigenvalue weighted by Crippen LogP contribution is 2.19. The van der Waals surface area contributed by atoms with Gasteiger partial charge in [0.25, 0.3) is 0 Å². The van der Waals surface area contributed by atoms with Crippen molar-refractivity contribution in [3.05, 3.63) is 11.1 Å². The highest BCUT2D eigenvalue weighted by Gasteiger charge is 2.11. The van der Waals surface area contributed by atoms with Crippen molar-refractivity contribution < 1.29 is 9.90 Å². The minimum atomic E-state index is -0.717. The summed E-state index contributed by atoms with van der Waals surface area (Å²) in [4.78, 5) is 11.1. The minimum Gasteiger partial charge on any atom is -0.478 e. The van der Waals surface area contributed by atoms with Crippen LogP contribution in [-0.2, 0) is 4.79 Å². The van der Waals surface area contributed by atoms with E-state index in [-0.39, 0.29) is 0 Å². The summed E-state index contributed by atoms with van der Waals surface area (Å²) in [6, 6.07) is 0. The molecule has 0 fully saturated rings. The molecule has 0 aromatic carbocycles. The van der Waals surface area contributed by atoms with Gasteiger partial charge in [0.2, 0.25) is 0 Å².